The molecule has 1 atom stereocenters. The maximum Gasteiger partial charge on any atom is 0.111 e. The Bertz CT molecular complexity index is 476. The fourth-order valence-electron chi connectivity index (χ4n) is 1.74. The van der Waals surface area contributed by atoms with Gasteiger partial charge in [-0.1, -0.05) is 19.1 Å². The number of thiazole rings is 1. The van der Waals surface area contributed by atoms with Gasteiger partial charge in [0.2, 0.25) is 0 Å². The topological polar surface area (TPSA) is 24.9 Å². The Kier molecular flexibility index (Phi) is 3.56. The van der Waals surface area contributed by atoms with Crippen LogP contribution in [0.2, 0.25) is 0 Å². The minimum atomic E-state index is 0.358. The van der Waals surface area contributed by atoms with Crippen LogP contribution in [-0.2, 0) is 0 Å². The van der Waals surface area contributed by atoms with E-state index in [1.54, 1.807) is 11.3 Å². The van der Waals surface area contributed by atoms with E-state index in [9.17, 15) is 0 Å². The molecule has 86 valence electrons. The van der Waals surface area contributed by atoms with E-state index in [0.29, 0.717) is 6.04 Å². The van der Waals surface area contributed by atoms with Gasteiger partial charge >= 0.3 is 0 Å². The number of fused-ring (bicyclic) bond motifs is 1. The minimum absolute atomic E-state index is 0.358. The molecule has 1 aromatic carbocycles. The van der Waals surface area contributed by atoms with E-state index < -0.39 is 0 Å². The van der Waals surface area contributed by atoms with Crippen molar-refractivity contribution < 1.29 is 0 Å². The summed E-state index contributed by atoms with van der Waals surface area (Å²) in [6.07, 6.45) is 1.16. The first-order chi connectivity index (χ1) is 7.72. The number of hydrogen-bond acceptors (Lipinski definition) is 3. The predicted molar refractivity (Wildman–Crippen MR) is 71.1 cm³/mol. The van der Waals surface area contributed by atoms with Crippen molar-refractivity contribution in [3.05, 3.63) is 28.8 Å². The molecule has 0 saturated heterocycles. The summed E-state index contributed by atoms with van der Waals surface area (Å²) >= 11 is 1.80. The number of nitrogens with zero attached hydrogens (tertiary/aromatic N) is 1. The molecule has 0 amide bonds. The Labute approximate surface area is 101 Å². The first-order valence-corrected chi connectivity index (χ1v) is 6.63. The number of benzene rings is 1. The summed E-state index contributed by atoms with van der Waals surface area (Å²) in [7, 11) is 0. The maximum atomic E-state index is 4.72. The van der Waals surface area contributed by atoms with Crippen LogP contribution in [0.5, 0.6) is 0 Å². The highest BCUT2D eigenvalue weighted by Crippen LogP contribution is 2.28. The molecule has 0 fully saturated rings. The molecule has 2 aromatic rings. The van der Waals surface area contributed by atoms with Crippen LogP contribution >= 0.6 is 11.3 Å². The van der Waals surface area contributed by atoms with E-state index in [1.807, 2.05) is 0 Å². The standard InChI is InChI=1S/C13H18N2S/c1-4-8-14-10(3)13-15-12-9(2)6-5-7-11(12)16-13/h5-7,10,14H,4,8H2,1-3H3. The molecule has 0 aliphatic carbocycles. The van der Waals surface area contributed by atoms with Gasteiger partial charge in [-0.15, -0.1) is 11.3 Å². The van der Waals surface area contributed by atoms with Crippen molar-refractivity contribution in [2.24, 2.45) is 0 Å². The second-order valence-electron chi connectivity index (χ2n) is 4.15. The van der Waals surface area contributed by atoms with Crippen LogP contribution in [-0.4, -0.2) is 11.5 Å². The van der Waals surface area contributed by atoms with Crippen LogP contribution in [0.3, 0.4) is 0 Å². The highest BCUT2D eigenvalue weighted by Gasteiger charge is 2.11. The highest BCUT2D eigenvalue weighted by molar-refractivity contribution is 7.18. The van der Waals surface area contributed by atoms with Gasteiger partial charge in [-0.05, 0) is 38.4 Å². The fourth-order valence-corrected chi connectivity index (χ4v) is 2.81. The van der Waals surface area contributed by atoms with E-state index in [-0.39, 0.29) is 0 Å². The van der Waals surface area contributed by atoms with Gasteiger partial charge in [0.1, 0.15) is 5.01 Å². The smallest absolute Gasteiger partial charge is 0.111 e. The van der Waals surface area contributed by atoms with Crippen LogP contribution in [0.25, 0.3) is 10.2 Å². The Morgan fingerprint density at radius 1 is 1.44 bits per heavy atom. The molecule has 1 heterocycles. The third kappa shape index (κ3) is 2.25. The number of rotatable bonds is 4. The van der Waals surface area contributed by atoms with E-state index in [2.05, 4.69) is 44.3 Å². The third-order valence-corrected chi connectivity index (χ3v) is 3.91. The van der Waals surface area contributed by atoms with Crippen molar-refractivity contribution in [3.8, 4) is 0 Å². The van der Waals surface area contributed by atoms with Gasteiger partial charge in [0.15, 0.2) is 0 Å². The summed E-state index contributed by atoms with van der Waals surface area (Å²) in [6, 6.07) is 6.73. The second kappa shape index (κ2) is 4.93. The summed E-state index contributed by atoms with van der Waals surface area (Å²) in [5.74, 6) is 0. The number of nitrogens with one attached hydrogen (secondary N) is 1. The summed E-state index contributed by atoms with van der Waals surface area (Å²) in [5.41, 5.74) is 2.43. The molecular weight excluding hydrogens is 216 g/mol. The van der Waals surface area contributed by atoms with Crippen LogP contribution in [0.15, 0.2) is 18.2 Å². The molecule has 0 aliphatic heterocycles. The first kappa shape index (κ1) is 11.6. The van der Waals surface area contributed by atoms with Gasteiger partial charge in [0.05, 0.1) is 16.3 Å². The SMILES string of the molecule is CCCNC(C)c1nc2c(C)cccc2s1. The Morgan fingerprint density at radius 3 is 2.94 bits per heavy atom. The van der Waals surface area contributed by atoms with Gasteiger partial charge in [-0.25, -0.2) is 4.98 Å². The molecule has 0 radical (unpaired) electrons. The lowest BCUT2D eigenvalue weighted by molar-refractivity contribution is 0.569. The van der Waals surface area contributed by atoms with E-state index in [1.165, 1.54) is 15.3 Å². The summed E-state index contributed by atoms with van der Waals surface area (Å²) in [4.78, 5) is 4.72. The Morgan fingerprint density at radius 2 is 2.25 bits per heavy atom. The number of hydrogen-bond donors (Lipinski definition) is 1. The third-order valence-electron chi connectivity index (χ3n) is 2.71. The van der Waals surface area contributed by atoms with Gasteiger partial charge in [-0.2, -0.15) is 0 Å². The minimum Gasteiger partial charge on any atom is -0.308 e. The first-order valence-electron chi connectivity index (χ1n) is 5.81. The zero-order valence-electron chi connectivity index (χ0n) is 10.1. The van der Waals surface area contributed by atoms with E-state index >= 15 is 0 Å². The van der Waals surface area contributed by atoms with Gasteiger partial charge in [-0.3, -0.25) is 0 Å². The van der Waals surface area contributed by atoms with Crippen molar-refractivity contribution in [2.45, 2.75) is 33.2 Å². The zero-order chi connectivity index (χ0) is 11.5. The fraction of sp³-hybridized carbons (Fsp3) is 0.462. The van der Waals surface area contributed by atoms with Crippen LogP contribution in [0, 0.1) is 6.92 Å². The van der Waals surface area contributed by atoms with Crippen molar-refractivity contribution in [2.75, 3.05) is 6.54 Å². The average Bonchev–Trinajstić information content (AvgIpc) is 2.71. The molecule has 0 bridgehead atoms. The monoisotopic (exact) mass is 234 g/mol. The van der Waals surface area contributed by atoms with Crippen LogP contribution in [0.1, 0.15) is 36.9 Å². The molecule has 1 aromatic heterocycles. The highest BCUT2D eigenvalue weighted by atomic mass is 32.1. The molecule has 0 saturated carbocycles. The number of aryl methyl sites for hydroxylation is 1. The quantitative estimate of drug-likeness (QED) is 0.873. The summed E-state index contributed by atoms with van der Waals surface area (Å²) < 4.78 is 1.29. The molecule has 2 nitrogen and oxygen atoms in total. The number of para-hydroxylation sites is 1. The van der Waals surface area contributed by atoms with Crippen molar-refractivity contribution in [1.82, 2.24) is 10.3 Å². The predicted octanol–water partition coefficient (Wildman–Crippen LogP) is 3.67. The van der Waals surface area contributed by atoms with Gasteiger partial charge < -0.3 is 5.32 Å². The lowest BCUT2D eigenvalue weighted by Crippen LogP contribution is -2.18. The molecular formula is C13H18N2S. The van der Waals surface area contributed by atoms with Crippen LogP contribution < -0.4 is 5.32 Å². The Balaban J connectivity index is 2.29. The average molecular weight is 234 g/mol. The second-order valence-corrected chi connectivity index (χ2v) is 5.21. The van der Waals surface area contributed by atoms with Gasteiger partial charge in [0.25, 0.3) is 0 Å². The zero-order valence-corrected chi connectivity index (χ0v) is 10.9. The van der Waals surface area contributed by atoms with Crippen molar-refractivity contribution >= 4 is 21.6 Å². The summed E-state index contributed by atoms with van der Waals surface area (Å²) in [6.45, 7) is 7.54. The lowest BCUT2D eigenvalue weighted by Gasteiger charge is -2.08. The Hall–Kier alpha value is -0.930. The molecule has 16 heavy (non-hydrogen) atoms. The molecule has 1 N–H and O–H groups in total. The van der Waals surface area contributed by atoms with E-state index in [0.717, 1.165) is 18.5 Å². The molecule has 1 unspecified atom stereocenters. The van der Waals surface area contributed by atoms with E-state index in [4.69, 9.17) is 4.98 Å². The van der Waals surface area contributed by atoms with Crippen molar-refractivity contribution in [3.63, 3.8) is 0 Å². The molecule has 0 aliphatic rings. The largest absolute Gasteiger partial charge is 0.308 e. The molecule has 0 spiro atoms. The van der Waals surface area contributed by atoms with Crippen LogP contribution in [0.4, 0.5) is 0 Å². The van der Waals surface area contributed by atoms with Gasteiger partial charge in [0, 0.05) is 0 Å². The lowest BCUT2D eigenvalue weighted by atomic mass is 10.2. The normalized spacial score (nSPS) is 13.2. The maximum absolute atomic E-state index is 4.72. The molecule has 2 rings (SSSR count). The summed E-state index contributed by atoms with van der Waals surface area (Å²) in [5, 5.41) is 4.67. The molecule has 3 heteroatoms. The van der Waals surface area contributed by atoms with Crippen molar-refractivity contribution in [1.29, 1.82) is 0 Å². The number of aromatic nitrogens is 1.